The summed E-state index contributed by atoms with van der Waals surface area (Å²) in [6.45, 7) is 2.54. The van der Waals surface area contributed by atoms with E-state index >= 15 is 0 Å². The fourth-order valence-electron chi connectivity index (χ4n) is 2.85. The average molecular weight is 313 g/mol. The van der Waals surface area contributed by atoms with Crippen LogP contribution in [-0.4, -0.2) is 49.9 Å². The maximum Gasteiger partial charge on any atom is 0.260 e. The van der Waals surface area contributed by atoms with E-state index in [-0.39, 0.29) is 12.0 Å². The summed E-state index contributed by atoms with van der Waals surface area (Å²) in [6, 6.07) is 10.3. The van der Waals surface area contributed by atoms with Gasteiger partial charge in [-0.05, 0) is 5.56 Å². The highest BCUT2D eigenvalue weighted by Gasteiger charge is 2.30. The number of nitrogens with one attached hydrogen (secondary N) is 1. The third-order valence-corrected chi connectivity index (χ3v) is 3.98. The average Bonchev–Trinajstić information content (AvgIpc) is 2.63. The molecule has 1 saturated heterocycles. The fourth-order valence-corrected chi connectivity index (χ4v) is 2.85. The number of benzene rings is 1. The summed E-state index contributed by atoms with van der Waals surface area (Å²) in [5, 5.41) is 8.17. The number of hydrogen-bond acceptors (Lipinski definition) is 5. The topological polar surface area (TPSA) is 70.4 Å². The molecule has 0 saturated carbocycles. The summed E-state index contributed by atoms with van der Waals surface area (Å²) in [5.74, 6) is 1.67. The Labute approximate surface area is 136 Å². The summed E-state index contributed by atoms with van der Waals surface area (Å²) in [7, 11) is 3.16. The molecule has 3 rings (SSSR count). The van der Waals surface area contributed by atoms with Crippen LogP contribution in [0.2, 0.25) is 0 Å². The Morgan fingerprint density at radius 2 is 2.00 bits per heavy atom. The first-order chi connectivity index (χ1) is 11.3. The minimum Gasteiger partial charge on any atom is -0.490 e. The summed E-state index contributed by atoms with van der Waals surface area (Å²) < 4.78 is 10.6. The van der Waals surface area contributed by atoms with Crippen molar-refractivity contribution in [2.45, 2.75) is 12.0 Å². The zero-order chi connectivity index (χ0) is 16.1. The molecule has 2 aromatic rings. The van der Waals surface area contributed by atoms with E-state index in [1.807, 2.05) is 18.2 Å². The number of rotatable bonds is 5. The van der Waals surface area contributed by atoms with E-state index in [1.54, 1.807) is 20.4 Å². The lowest BCUT2D eigenvalue weighted by atomic mass is 9.89. The van der Waals surface area contributed by atoms with Gasteiger partial charge in [0.25, 0.3) is 5.88 Å². The maximum absolute atomic E-state index is 5.33. The highest BCUT2D eigenvalue weighted by Crippen LogP contribution is 2.30. The van der Waals surface area contributed by atoms with Crippen LogP contribution in [0, 0.1) is 0 Å². The van der Waals surface area contributed by atoms with E-state index in [9.17, 15) is 0 Å². The van der Waals surface area contributed by atoms with Crippen molar-refractivity contribution in [1.82, 2.24) is 20.6 Å². The van der Waals surface area contributed by atoms with Gasteiger partial charge in [0.1, 0.15) is 5.82 Å². The Kier molecular flexibility index (Phi) is 5.05. The lowest BCUT2D eigenvalue weighted by molar-refractivity contribution is 0.332. The number of aromatic nitrogens is 2. The maximum atomic E-state index is 5.33. The molecule has 2 heterocycles. The molecule has 23 heavy (non-hydrogen) atoms. The third-order valence-electron chi connectivity index (χ3n) is 3.98. The number of hydrogen-bond donors (Lipinski definition) is 1. The van der Waals surface area contributed by atoms with Crippen LogP contribution in [0.3, 0.4) is 0 Å². The second-order valence-electron chi connectivity index (χ2n) is 5.37. The van der Waals surface area contributed by atoms with Crippen LogP contribution >= 0.6 is 0 Å². The van der Waals surface area contributed by atoms with Crippen molar-refractivity contribution < 1.29 is 9.47 Å². The number of nitrogens with zero attached hydrogens (tertiary/aromatic N) is 3. The van der Waals surface area contributed by atoms with Gasteiger partial charge < -0.3 is 14.8 Å². The second kappa shape index (κ2) is 7.39. The van der Waals surface area contributed by atoms with Gasteiger partial charge in [0.05, 0.1) is 32.4 Å². The first-order valence-electron chi connectivity index (χ1n) is 7.70. The molecule has 1 aromatic carbocycles. The SMILES string of the molecule is COc1cnc(C(c2ccccc2)C2CNCC[N]2)nc1OC. The van der Waals surface area contributed by atoms with E-state index in [2.05, 4.69) is 27.4 Å². The van der Waals surface area contributed by atoms with Gasteiger partial charge in [-0.1, -0.05) is 30.3 Å². The van der Waals surface area contributed by atoms with Crippen LogP contribution < -0.4 is 20.1 Å². The molecule has 0 bridgehead atoms. The summed E-state index contributed by atoms with van der Waals surface area (Å²) in [5.41, 5.74) is 1.15. The fraction of sp³-hybridized carbons (Fsp3) is 0.412. The molecule has 6 nitrogen and oxygen atoms in total. The first-order valence-corrected chi connectivity index (χ1v) is 7.70. The molecular weight excluding hydrogens is 292 g/mol. The molecule has 0 amide bonds. The van der Waals surface area contributed by atoms with Crippen molar-refractivity contribution in [3.05, 3.63) is 47.9 Å². The number of ether oxygens (including phenoxy) is 2. The van der Waals surface area contributed by atoms with Crippen molar-refractivity contribution in [1.29, 1.82) is 0 Å². The molecule has 1 N–H and O–H groups in total. The van der Waals surface area contributed by atoms with Crippen LogP contribution in [0.4, 0.5) is 0 Å². The van der Waals surface area contributed by atoms with E-state index in [0.29, 0.717) is 17.5 Å². The molecule has 2 atom stereocenters. The van der Waals surface area contributed by atoms with Crippen LogP contribution in [0.5, 0.6) is 11.6 Å². The molecule has 1 aliphatic rings. The van der Waals surface area contributed by atoms with Gasteiger partial charge in [0.2, 0.25) is 0 Å². The first kappa shape index (κ1) is 15.7. The summed E-state index contributed by atoms with van der Waals surface area (Å²) in [4.78, 5) is 9.07. The second-order valence-corrected chi connectivity index (χ2v) is 5.37. The van der Waals surface area contributed by atoms with E-state index in [0.717, 1.165) is 25.2 Å². The van der Waals surface area contributed by atoms with Crippen molar-refractivity contribution in [2.75, 3.05) is 33.9 Å². The zero-order valence-corrected chi connectivity index (χ0v) is 13.4. The van der Waals surface area contributed by atoms with Gasteiger partial charge in [0.15, 0.2) is 5.75 Å². The molecule has 2 unspecified atom stereocenters. The molecular formula is C17H21N4O2. The lowest BCUT2D eigenvalue weighted by Crippen LogP contribution is -2.47. The molecule has 6 heteroatoms. The third kappa shape index (κ3) is 3.43. The van der Waals surface area contributed by atoms with Gasteiger partial charge in [0, 0.05) is 19.6 Å². The predicted octanol–water partition coefficient (Wildman–Crippen LogP) is 1.20. The quantitative estimate of drug-likeness (QED) is 0.898. The van der Waals surface area contributed by atoms with Crippen LogP contribution in [0.15, 0.2) is 36.5 Å². The monoisotopic (exact) mass is 313 g/mol. The minimum absolute atomic E-state index is 0.0104. The molecule has 0 spiro atoms. The molecule has 1 fully saturated rings. The molecule has 121 valence electrons. The van der Waals surface area contributed by atoms with Crippen molar-refractivity contribution in [3.8, 4) is 11.6 Å². The van der Waals surface area contributed by atoms with Crippen molar-refractivity contribution in [3.63, 3.8) is 0 Å². The number of piperazine rings is 1. The smallest absolute Gasteiger partial charge is 0.260 e. The Morgan fingerprint density at radius 1 is 1.17 bits per heavy atom. The molecule has 1 aromatic heterocycles. The molecule has 1 aliphatic heterocycles. The Bertz CT molecular complexity index is 630. The predicted molar refractivity (Wildman–Crippen MR) is 87.1 cm³/mol. The summed E-state index contributed by atoms with van der Waals surface area (Å²) in [6.07, 6.45) is 1.66. The van der Waals surface area contributed by atoms with Crippen molar-refractivity contribution >= 4 is 0 Å². The number of methoxy groups -OCH3 is 2. The van der Waals surface area contributed by atoms with Crippen LogP contribution in [-0.2, 0) is 0 Å². The minimum atomic E-state index is -0.0104. The highest BCUT2D eigenvalue weighted by atomic mass is 16.5. The van der Waals surface area contributed by atoms with Crippen molar-refractivity contribution in [2.24, 2.45) is 0 Å². The zero-order valence-electron chi connectivity index (χ0n) is 13.4. The summed E-state index contributed by atoms with van der Waals surface area (Å²) >= 11 is 0. The standard InChI is InChI=1S/C17H21N4O2/c1-22-14-11-20-16(21-17(14)23-2)15(12-6-4-3-5-7-12)13-10-18-8-9-19-13/h3-7,11,13,15,18H,8-10H2,1-2H3. The van der Waals surface area contributed by atoms with E-state index < -0.39 is 0 Å². The molecule has 0 aliphatic carbocycles. The van der Waals surface area contributed by atoms with Gasteiger partial charge in [-0.15, -0.1) is 0 Å². The Balaban J connectivity index is 2.01. The van der Waals surface area contributed by atoms with Gasteiger partial charge in [-0.2, -0.15) is 4.98 Å². The Morgan fingerprint density at radius 3 is 2.65 bits per heavy atom. The lowest BCUT2D eigenvalue weighted by Gasteiger charge is -2.30. The van der Waals surface area contributed by atoms with Gasteiger partial charge in [-0.3, -0.25) is 0 Å². The largest absolute Gasteiger partial charge is 0.490 e. The molecule has 1 radical (unpaired) electrons. The highest BCUT2D eigenvalue weighted by molar-refractivity contribution is 5.35. The normalized spacial score (nSPS) is 19.1. The van der Waals surface area contributed by atoms with Crippen LogP contribution in [0.1, 0.15) is 17.3 Å². The van der Waals surface area contributed by atoms with Gasteiger partial charge in [-0.25, -0.2) is 10.3 Å². The van der Waals surface area contributed by atoms with E-state index in [4.69, 9.17) is 14.8 Å². The van der Waals surface area contributed by atoms with Gasteiger partial charge >= 0.3 is 0 Å². The van der Waals surface area contributed by atoms with E-state index in [1.165, 1.54) is 0 Å². The van der Waals surface area contributed by atoms with Crippen LogP contribution in [0.25, 0.3) is 0 Å². The Hall–Kier alpha value is -2.18.